The van der Waals surface area contributed by atoms with E-state index in [1.54, 1.807) is 26.0 Å². The zero-order valence-electron chi connectivity index (χ0n) is 16.7. The van der Waals surface area contributed by atoms with Crippen LogP contribution in [0, 0.1) is 10.1 Å². The van der Waals surface area contributed by atoms with Crippen molar-refractivity contribution in [2.45, 2.75) is 19.4 Å². The fraction of sp³-hybridized carbons (Fsp3) is 0.238. The number of fused-ring (bicyclic) bond motifs is 4. The SMILES string of the molecule is CC1(C)Oc2c(cc3c(=O)cc(C(=O)O)oc3c2[N+](=O)[O-])-c2ccccc21.NCCO. The first kappa shape index (κ1) is 21.9. The number of nitrogens with zero attached hydrogens (tertiary/aromatic N) is 1. The maximum Gasteiger partial charge on any atom is 0.371 e. The van der Waals surface area contributed by atoms with Crippen molar-refractivity contribution in [3.8, 4) is 16.9 Å². The predicted octanol–water partition coefficient (Wildman–Crippen LogP) is 2.63. The number of ether oxygens (including phenoxy) is 1. The van der Waals surface area contributed by atoms with Gasteiger partial charge in [-0.25, -0.2) is 4.79 Å². The monoisotopic (exact) mass is 428 g/mol. The standard InChI is InChI=1S/C19H13NO7.C2H7NO/c1-19(2)12-6-4-3-5-9(12)10-7-11-13(21)8-14(18(22)23)26-16(11)15(20(24)25)17(10)27-19;3-1-2-4/h3-8H,1-2H3,(H,22,23);4H,1-3H2. The molecule has 2 aromatic carbocycles. The molecule has 0 atom stereocenters. The van der Waals surface area contributed by atoms with Crippen molar-refractivity contribution in [3.05, 3.63) is 68.1 Å². The van der Waals surface area contributed by atoms with Gasteiger partial charge in [0.1, 0.15) is 5.60 Å². The minimum atomic E-state index is -1.49. The molecule has 0 saturated heterocycles. The molecule has 10 nitrogen and oxygen atoms in total. The van der Waals surface area contributed by atoms with Crippen LogP contribution in [0.2, 0.25) is 0 Å². The number of hydrogen-bond donors (Lipinski definition) is 3. The van der Waals surface area contributed by atoms with E-state index in [0.717, 1.165) is 11.6 Å². The molecule has 0 amide bonds. The normalized spacial score (nSPS) is 13.3. The van der Waals surface area contributed by atoms with Crippen molar-refractivity contribution in [1.82, 2.24) is 0 Å². The van der Waals surface area contributed by atoms with Crippen molar-refractivity contribution in [1.29, 1.82) is 0 Å². The smallest absolute Gasteiger partial charge is 0.371 e. The van der Waals surface area contributed by atoms with Gasteiger partial charge in [-0.05, 0) is 25.5 Å². The molecule has 0 radical (unpaired) electrons. The Bertz CT molecular complexity index is 1240. The number of benzene rings is 2. The summed E-state index contributed by atoms with van der Waals surface area (Å²) in [6.07, 6.45) is 0. The van der Waals surface area contributed by atoms with Gasteiger partial charge in [-0.3, -0.25) is 14.9 Å². The summed E-state index contributed by atoms with van der Waals surface area (Å²) in [5.41, 5.74) is 4.16. The first-order chi connectivity index (χ1) is 14.6. The molecular weight excluding hydrogens is 408 g/mol. The number of aliphatic hydroxyl groups is 1. The minimum absolute atomic E-state index is 0.0538. The Morgan fingerprint density at radius 3 is 2.45 bits per heavy atom. The zero-order chi connectivity index (χ0) is 22.9. The summed E-state index contributed by atoms with van der Waals surface area (Å²) < 4.78 is 11.1. The van der Waals surface area contributed by atoms with E-state index in [1.807, 2.05) is 12.1 Å². The second kappa shape index (κ2) is 8.17. The van der Waals surface area contributed by atoms with Gasteiger partial charge in [0, 0.05) is 23.7 Å². The van der Waals surface area contributed by atoms with Crippen LogP contribution in [-0.2, 0) is 5.60 Å². The van der Waals surface area contributed by atoms with Gasteiger partial charge in [-0.15, -0.1) is 0 Å². The van der Waals surface area contributed by atoms with Gasteiger partial charge >= 0.3 is 11.7 Å². The summed E-state index contributed by atoms with van der Waals surface area (Å²) in [7, 11) is 0. The van der Waals surface area contributed by atoms with E-state index in [2.05, 4.69) is 0 Å². The van der Waals surface area contributed by atoms with Crippen LogP contribution in [0.1, 0.15) is 30.0 Å². The second-order valence-electron chi connectivity index (χ2n) is 7.19. The number of aliphatic hydroxyl groups excluding tert-OH is 1. The van der Waals surface area contributed by atoms with E-state index in [1.165, 1.54) is 6.07 Å². The number of carboxylic acids is 1. The van der Waals surface area contributed by atoms with Crippen LogP contribution >= 0.6 is 0 Å². The molecule has 0 fully saturated rings. The summed E-state index contributed by atoms with van der Waals surface area (Å²) in [5.74, 6) is -2.22. The van der Waals surface area contributed by atoms with Gasteiger partial charge in [-0.1, -0.05) is 24.3 Å². The van der Waals surface area contributed by atoms with Crippen LogP contribution < -0.4 is 15.9 Å². The Hall–Kier alpha value is -3.76. The van der Waals surface area contributed by atoms with Gasteiger partial charge in [0.15, 0.2) is 5.43 Å². The number of hydrogen-bond acceptors (Lipinski definition) is 8. The molecule has 4 rings (SSSR count). The Labute approximate surface area is 175 Å². The molecule has 31 heavy (non-hydrogen) atoms. The summed E-state index contributed by atoms with van der Waals surface area (Å²) in [6.45, 7) is 4.01. The molecule has 1 aliphatic heterocycles. The number of aromatic carboxylic acids is 1. The van der Waals surface area contributed by atoms with Gasteiger partial charge in [0.05, 0.1) is 16.9 Å². The third-order valence-corrected chi connectivity index (χ3v) is 4.69. The molecule has 10 heteroatoms. The highest BCUT2D eigenvalue weighted by molar-refractivity contribution is 5.98. The van der Waals surface area contributed by atoms with Gasteiger partial charge in [0.2, 0.25) is 17.1 Å². The number of nitro groups is 1. The number of rotatable bonds is 3. The maximum atomic E-state index is 12.4. The molecule has 0 unspecified atom stereocenters. The molecule has 0 spiro atoms. The fourth-order valence-corrected chi connectivity index (χ4v) is 3.38. The van der Waals surface area contributed by atoms with Crippen LogP contribution in [0.15, 0.2) is 45.6 Å². The molecule has 1 aromatic heterocycles. The van der Waals surface area contributed by atoms with E-state index in [-0.39, 0.29) is 17.7 Å². The van der Waals surface area contributed by atoms with Crippen molar-refractivity contribution < 1.29 is 29.1 Å². The lowest BCUT2D eigenvalue weighted by Gasteiger charge is -2.34. The van der Waals surface area contributed by atoms with Crippen molar-refractivity contribution >= 4 is 22.6 Å². The van der Waals surface area contributed by atoms with E-state index in [0.29, 0.717) is 17.7 Å². The number of carbonyl (C=O) groups is 1. The van der Waals surface area contributed by atoms with Gasteiger partial charge in [0.25, 0.3) is 0 Å². The summed E-state index contributed by atoms with van der Waals surface area (Å²) in [5, 5.41) is 28.6. The molecule has 2 heterocycles. The Morgan fingerprint density at radius 1 is 1.23 bits per heavy atom. The average molecular weight is 428 g/mol. The van der Waals surface area contributed by atoms with Crippen molar-refractivity contribution in [2.24, 2.45) is 5.73 Å². The molecule has 0 aliphatic carbocycles. The molecule has 1 aliphatic rings. The maximum absolute atomic E-state index is 12.4. The third-order valence-electron chi connectivity index (χ3n) is 4.69. The Morgan fingerprint density at radius 2 is 1.87 bits per heavy atom. The van der Waals surface area contributed by atoms with Gasteiger partial charge in [-0.2, -0.15) is 0 Å². The second-order valence-corrected chi connectivity index (χ2v) is 7.19. The zero-order valence-corrected chi connectivity index (χ0v) is 16.7. The number of nitrogens with two attached hydrogens (primary N) is 1. The average Bonchev–Trinajstić information content (AvgIpc) is 2.72. The molecule has 162 valence electrons. The van der Waals surface area contributed by atoms with Crippen molar-refractivity contribution in [3.63, 3.8) is 0 Å². The largest absolute Gasteiger partial charge is 0.475 e. The quantitative estimate of drug-likeness (QED) is 0.420. The van der Waals surface area contributed by atoms with Gasteiger partial charge < -0.3 is 25.1 Å². The lowest BCUT2D eigenvalue weighted by molar-refractivity contribution is -0.385. The lowest BCUT2D eigenvalue weighted by atomic mass is 9.85. The van der Waals surface area contributed by atoms with E-state index < -0.39 is 39.0 Å². The minimum Gasteiger partial charge on any atom is -0.475 e. The molecular formula is C21H20N2O8. The fourth-order valence-electron chi connectivity index (χ4n) is 3.38. The summed E-state index contributed by atoms with van der Waals surface area (Å²) >= 11 is 0. The van der Waals surface area contributed by atoms with Crippen molar-refractivity contribution in [2.75, 3.05) is 13.2 Å². The summed E-state index contributed by atoms with van der Waals surface area (Å²) in [4.78, 5) is 34.7. The van der Waals surface area contributed by atoms with Crippen LogP contribution in [-0.4, -0.2) is 34.3 Å². The molecule has 3 aromatic rings. The third kappa shape index (κ3) is 3.86. The number of nitro benzene ring substituents is 1. The number of carboxylic acid groups (broad SMARTS) is 1. The lowest BCUT2D eigenvalue weighted by Crippen LogP contribution is -2.29. The first-order valence-electron chi connectivity index (χ1n) is 9.24. The molecule has 4 N–H and O–H groups in total. The summed E-state index contributed by atoms with van der Waals surface area (Å²) in [6, 6.07) is 9.52. The first-order valence-corrected chi connectivity index (χ1v) is 9.24. The van der Waals surface area contributed by atoms with Crippen LogP contribution in [0.3, 0.4) is 0 Å². The molecule has 0 saturated carbocycles. The van der Waals surface area contributed by atoms with E-state index in [4.69, 9.17) is 25.1 Å². The highest BCUT2D eigenvalue weighted by Crippen LogP contribution is 2.51. The molecule has 0 bridgehead atoms. The Balaban J connectivity index is 0.000000628. The van der Waals surface area contributed by atoms with E-state index >= 15 is 0 Å². The highest BCUT2D eigenvalue weighted by Gasteiger charge is 2.39. The van der Waals surface area contributed by atoms with E-state index in [9.17, 15) is 19.7 Å². The Kier molecular flexibility index (Phi) is 5.78. The predicted molar refractivity (Wildman–Crippen MR) is 111 cm³/mol. The van der Waals surface area contributed by atoms with Crippen LogP contribution in [0.4, 0.5) is 5.69 Å². The highest BCUT2D eigenvalue weighted by atomic mass is 16.6. The van der Waals surface area contributed by atoms with Crippen LogP contribution in [0.5, 0.6) is 5.75 Å². The van der Waals surface area contributed by atoms with Crippen LogP contribution in [0.25, 0.3) is 22.1 Å². The topological polar surface area (TPSA) is 166 Å².